The highest BCUT2D eigenvalue weighted by atomic mass is 79.9. The Morgan fingerprint density at radius 2 is 1.59 bits per heavy atom. The third kappa shape index (κ3) is 6.12. The summed E-state index contributed by atoms with van der Waals surface area (Å²) in [6.45, 7) is 0.305. The fraction of sp³-hybridized carbons (Fsp3) is 0.160. The zero-order chi connectivity index (χ0) is 22.2. The Balaban J connectivity index is 1.45. The summed E-state index contributed by atoms with van der Waals surface area (Å²) < 4.78 is 12.1. The Labute approximate surface area is 194 Å². The summed E-state index contributed by atoms with van der Waals surface area (Å²) in [6.07, 6.45) is 0.521. The van der Waals surface area contributed by atoms with Crippen LogP contribution in [0.25, 0.3) is 11.4 Å². The molecule has 4 rings (SSSR count). The van der Waals surface area contributed by atoms with Gasteiger partial charge in [0.05, 0.1) is 6.61 Å². The number of rotatable bonds is 9. The number of benzene rings is 3. The van der Waals surface area contributed by atoms with Crippen LogP contribution < -0.4 is 5.32 Å². The molecule has 0 radical (unpaired) electrons. The normalized spacial score (nSPS) is 11.8. The molecule has 0 spiro atoms. The summed E-state index contributed by atoms with van der Waals surface area (Å²) in [5.74, 6) is 0.577. The number of carbonyl (C=O) groups excluding carboxylic acids is 1. The first kappa shape index (κ1) is 21.9. The molecule has 0 unspecified atom stereocenters. The zero-order valence-corrected chi connectivity index (χ0v) is 18.9. The number of amides is 1. The van der Waals surface area contributed by atoms with Crippen molar-refractivity contribution in [1.82, 2.24) is 15.5 Å². The van der Waals surface area contributed by atoms with Gasteiger partial charge in [-0.05, 0) is 35.4 Å². The van der Waals surface area contributed by atoms with Gasteiger partial charge >= 0.3 is 0 Å². The first-order valence-electron chi connectivity index (χ1n) is 10.2. The molecule has 1 atom stereocenters. The van der Waals surface area contributed by atoms with E-state index < -0.39 is 6.04 Å². The Bertz CT molecular complexity index is 1130. The van der Waals surface area contributed by atoms with E-state index >= 15 is 0 Å². The molecule has 6 nitrogen and oxygen atoms in total. The minimum absolute atomic E-state index is 0.0616. The quantitative estimate of drug-likeness (QED) is 0.351. The number of halogens is 1. The summed E-state index contributed by atoms with van der Waals surface area (Å²) in [5, 5.41) is 7.08. The highest BCUT2D eigenvalue weighted by molar-refractivity contribution is 9.10. The average Bonchev–Trinajstić information content (AvgIpc) is 3.31. The van der Waals surface area contributed by atoms with E-state index in [9.17, 15) is 4.79 Å². The summed E-state index contributed by atoms with van der Waals surface area (Å²) in [4.78, 5) is 17.1. The number of hydrogen-bond acceptors (Lipinski definition) is 5. The second-order valence-electron chi connectivity index (χ2n) is 7.25. The lowest BCUT2D eigenvalue weighted by Crippen LogP contribution is -2.33. The number of hydrogen-bond donors (Lipinski definition) is 1. The maximum Gasteiger partial charge on any atom is 0.249 e. The molecule has 1 heterocycles. The monoisotopic (exact) mass is 491 g/mol. The molecule has 32 heavy (non-hydrogen) atoms. The molecule has 0 aliphatic carbocycles. The molecule has 162 valence electrons. The molecule has 0 aliphatic rings. The maximum atomic E-state index is 12.6. The van der Waals surface area contributed by atoms with Crippen LogP contribution in [0.15, 0.2) is 93.9 Å². The van der Waals surface area contributed by atoms with Crippen LogP contribution in [0.3, 0.4) is 0 Å². The van der Waals surface area contributed by atoms with Crippen LogP contribution in [0.5, 0.6) is 0 Å². The summed E-state index contributed by atoms with van der Waals surface area (Å²) in [6, 6.07) is 26.8. The van der Waals surface area contributed by atoms with E-state index in [-0.39, 0.29) is 12.5 Å². The molecular formula is C25H22BrN3O3. The lowest BCUT2D eigenvalue weighted by molar-refractivity contribution is -0.127. The van der Waals surface area contributed by atoms with Crippen molar-refractivity contribution in [1.29, 1.82) is 0 Å². The van der Waals surface area contributed by atoms with E-state index in [0.717, 1.165) is 21.2 Å². The molecule has 0 aliphatic heterocycles. The SMILES string of the molecule is O=C(COCc1ccccc1)N[C@@H](Cc1ccccc1)c1nc(-c2ccc(Br)cc2)no1. The maximum absolute atomic E-state index is 12.6. The molecule has 1 aromatic heterocycles. The predicted molar refractivity (Wildman–Crippen MR) is 125 cm³/mol. The first-order valence-corrected chi connectivity index (χ1v) is 11.0. The van der Waals surface area contributed by atoms with Gasteiger partial charge in [-0.2, -0.15) is 4.98 Å². The van der Waals surface area contributed by atoms with Crippen molar-refractivity contribution in [3.63, 3.8) is 0 Å². The van der Waals surface area contributed by atoms with Crippen molar-refractivity contribution in [2.24, 2.45) is 0 Å². The third-order valence-corrected chi connectivity index (χ3v) is 5.33. The lowest BCUT2D eigenvalue weighted by atomic mass is 10.1. The Kier molecular flexibility index (Phi) is 7.42. The summed E-state index contributed by atoms with van der Waals surface area (Å²) in [7, 11) is 0. The molecule has 3 aromatic carbocycles. The van der Waals surface area contributed by atoms with Gasteiger partial charge in [-0.3, -0.25) is 4.79 Å². The number of aromatic nitrogens is 2. The van der Waals surface area contributed by atoms with E-state index in [0.29, 0.717) is 24.7 Å². The van der Waals surface area contributed by atoms with Gasteiger partial charge in [0.1, 0.15) is 12.6 Å². The van der Waals surface area contributed by atoms with Gasteiger partial charge in [0.15, 0.2) is 0 Å². The van der Waals surface area contributed by atoms with Crippen molar-refractivity contribution >= 4 is 21.8 Å². The molecule has 0 saturated heterocycles. The zero-order valence-electron chi connectivity index (χ0n) is 17.3. The number of nitrogens with one attached hydrogen (secondary N) is 1. The molecule has 7 heteroatoms. The van der Waals surface area contributed by atoms with E-state index in [2.05, 4.69) is 31.4 Å². The van der Waals surface area contributed by atoms with Crippen LogP contribution in [-0.4, -0.2) is 22.7 Å². The van der Waals surface area contributed by atoms with Gasteiger partial charge in [-0.15, -0.1) is 0 Å². The van der Waals surface area contributed by atoms with E-state index in [1.807, 2.05) is 84.9 Å². The van der Waals surface area contributed by atoms with Crippen molar-refractivity contribution in [3.05, 3.63) is 106 Å². The lowest BCUT2D eigenvalue weighted by Gasteiger charge is -2.15. The molecule has 0 saturated carbocycles. The smallest absolute Gasteiger partial charge is 0.249 e. The third-order valence-electron chi connectivity index (χ3n) is 4.80. The largest absolute Gasteiger partial charge is 0.367 e. The van der Waals surface area contributed by atoms with Crippen LogP contribution in [0.2, 0.25) is 0 Å². The molecule has 0 bridgehead atoms. The second kappa shape index (κ2) is 10.8. The van der Waals surface area contributed by atoms with Gasteiger partial charge in [0.25, 0.3) is 0 Å². The number of ether oxygens (including phenoxy) is 1. The van der Waals surface area contributed by atoms with Crippen molar-refractivity contribution in [2.75, 3.05) is 6.61 Å². The molecule has 1 amide bonds. The van der Waals surface area contributed by atoms with Crippen LogP contribution in [0.1, 0.15) is 23.1 Å². The minimum Gasteiger partial charge on any atom is -0.367 e. The molecular weight excluding hydrogens is 470 g/mol. The highest BCUT2D eigenvalue weighted by Crippen LogP contribution is 2.23. The standard InChI is InChI=1S/C25H22BrN3O3/c26-21-13-11-20(12-14-21)24-28-25(32-29-24)22(15-18-7-3-1-4-8-18)27-23(30)17-31-16-19-9-5-2-6-10-19/h1-14,22H,15-17H2,(H,27,30)/t22-/m0/s1. The number of carbonyl (C=O) groups is 1. The highest BCUT2D eigenvalue weighted by Gasteiger charge is 2.22. The first-order chi connectivity index (χ1) is 15.7. The Hall–Kier alpha value is -3.29. The van der Waals surface area contributed by atoms with Gasteiger partial charge in [0.2, 0.25) is 17.6 Å². The van der Waals surface area contributed by atoms with Crippen molar-refractivity contribution in [2.45, 2.75) is 19.1 Å². The Morgan fingerprint density at radius 3 is 2.28 bits per heavy atom. The van der Waals surface area contributed by atoms with Gasteiger partial charge in [-0.1, -0.05) is 81.8 Å². The van der Waals surface area contributed by atoms with E-state index in [1.165, 1.54) is 0 Å². The van der Waals surface area contributed by atoms with E-state index in [4.69, 9.17) is 9.26 Å². The topological polar surface area (TPSA) is 77.2 Å². The van der Waals surface area contributed by atoms with Crippen LogP contribution >= 0.6 is 15.9 Å². The number of nitrogens with zero attached hydrogens (tertiary/aromatic N) is 2. The van der Waals surface area contributed by atoms with Crippen LogP contribution in [0.4, 0.5) is 0 Å². The van der Waals surface area contributed by atoms with Crippen molar-refractivity contribution in [3.8, 4) is 11.4 Å². The molecule has 1 N–H and O–H groups in total. The summed E-state index contributed by atoms with van der Waals surface area (Å²) >= 11 is 3.42. The fourth-order valence-electron chi connectivity index (χ4n) is 3.21. The van der Waals surface area contributed by atoms with Gasteiger partial charge < -0.3 is 14.6 Å². The molecule has 4 aromatic rings. The van der Waals surface area contributed by atoms with Crippen LogP contribution in [-0.2, 0) is 22.6 Å². The predicted octanol–water partition coefficient (Wildman–Crippen LogP) is 5.12. The average molecular weight is 492 g/mol. The second-order valence-corrected chi connectivity index (χ2v) is 8.17. The van der Waals surface area contributed by atoms with Gasteiger partial charge in [0, 0.05) is 16.5 Å². The minimum atomic E-state index is -0.470. The fourth-order valence-corrected chi connectivity index (χ4v) is 3.48. The summed E-state index contributed by atoms with van der Waals surface area (Å²) in [5.41, 5.74) is 2.89. The van der Waals surface area contributed by atoms with Crippen molar-refractivity contribution < 1.29 is 14.1 Å². The molecule has 0 fully saturated rings. The van der Waals surface area contributed by atoms with E-state index in [1.54, 1.807) is 0 Å². The Morgan fingerprint density at radius 1 is 0.938 bits per heavy atom. The van der Waals surface area contributed by atoms with Gasteiger partial charge in [-0.25, -0.2) is 0 Å². The van der Waals surface area contributed by atoms with Crippen LogP contribution in [0, 0.1) is 0 Å².